The highest BCUT2D eigenvalue weighted by atomic mass is 32.1. The molecule has 3 rings (SSSR count). The van der Waals surface area contributed by atoms with E-state index in [1.807, 2.05) is 6.07 Å². The van der Waals surface area contributed by atoms with Crippen LogP contribution >= 0.6 is 11.3 Å². The van der Waals surface area contributed by atoms with Gasteiger partial charge in [0, 0.05) is 11.4 Å². The Balaban J connectivity index is 1.81. The number of carbonyl (C=O) groups excluding carboxylic acids is 2. The lowest BCUT2D eigenvalue weighted by molar-refractivity contribution is -0.151. The molecule has 1 unspecified atom stereocenters. The molecule has 1 amide bonds. The SMILES string of the molecule is COC(=O)C1COCCN1C(=O)c1cc2c(s1)CCC2. The van der Waals surface area contributed by atoms with Crippen molar-refractivity contribution in [2.45, 2.75) is 25.3 Å². The lowest BCUT2D eigenvalue weighted by Crippen LogP contribution is -2.52. The molecule has 1 saturated heterocycles. The lowest BCUT2D eigenvalue weighted by atomic mass is 10.2. The molecule has 1 aromatic rings. The van der Waals surface area contributed by atoms with E-state index in [1.54, 1.807) is 16.2 Å². The van der Waals surface area contributed by atoms with E-state index in [4.69, 9.17) is 9.47 Å². The largest absolute Gasteiger partial charge is 0.467 e. The number of amides is 1. The van der Waals surface area contributed by atoms with Gasteiger partial charge in [0.05, 0.1) is 25.2 Å². The molecule has 0 saturated carbocycles. The van der Waals surface area contributed by atoms with Gasteiger partial charge in [-0.3, -0.25) is 4.79 Å². The Kier molecular flexibility index (Phi) is 3.76. The van der Waals surface area contributed by atoms with Crippen LogP contribution in [-0.4, -0.2) is 49.7 Å². The highest BCUT2D eigenvalue weighted by molar-refractivity contribution is 7.14. The fourth-order valence-corrected chi connectivity index (χ4v) is 3.96. The van der Waals surface area contributed by atoms with Gasteiger partial charge < -0.3 is 14.4 Å². The predicted molar refractivity (Wildman–Crippen MR) is 74.0 cm³/mol. The standard InChI is InChI=1S/C14H17NO4S/c1-18-14(17)10-8-19-6-5-15(10)13(16)12-7-9-3-2-4-11(9)20-12/h7,10H,2-6,8H2,1H3. The molecule has 2 heterocycles. The Bertz CT molecular complexity index is 518. The molecule has 6 heteroatoms. The van der Waals surface area contributed by atoms with E-state index in [1.165, 1.54) is 24.0 Å². The summed E-state index contributed by atoms with van der Waals surface area (Å²) < 4.78 is 10.0. The van der Waals surface area contributed by atoms with Crippen molar-refractivity contribution in [1.29, 1.82) is 0 Å². The first-order valence-corrected chi connectivity index (χ1v) is 7.60. The van der Waals surface area contributed by atoms with Gasteiger partial charge in [-0.2, -0.15) is 0 Å². The third kappa shape index (κ3) is 2.33. The number of esters is 1. The first kappa shape index (κ1) is 13.6. The summed E-state index contributed by atoms with van der Waals surface area (Å²) in [6, 6.07) is 1.36. The maximum atomic E-state index is 12.6. The number of ether oxygens (including phenoxy) is 2. The van der Waals surface area contributed by atoms with Crippen molar-refractivity contribution in [3.05, 3.63) is 21.4 Å². The first-order chi connectivity index (χ1) is 9.70. The van der Waals surface area contributed by atoms with Crippen LogP contribution < -0.4 is 0 Å². The highest BCUT2D eigenvalue weighted by Gasteiger charge is 2.35. The summed E-state index contributed by atoms with van der Waals surface area (Å²) in [5.74, 6) is -0.495. The molecule has 0 N–H and O–H groups in total. The average Bonchev–Trinajstić information content (AvgIpc) is 3.07. The van der Waals surface area contributed by atoms with Crippen LogP contribution in [0.15, 0.2) is 6.07 Å². The van der Waals surface area contributed by atoms with Gasteiger partial charge in [-0.25, -0.2) is 4.79 Å². The van der Waals surface area contributed by atoms with Gasteiger partial charge in [0.2, 0.25) is 0 Å². The van der Waals surface area contributed by atoms with E-state index in [-0.39, 0.29) is 12.5 Å². The molecule has 2 aliphatic rings. The molecule has 1 aliphatic carbocycles. The molecule has 0 radical (unpaired) electrons. The van der Waals surface area contributed by atoms with Gasteiger partial charge in [0.15, 0.2) is 6.04 Å². The Morgan fingerprint density at radius 1 is 1.45 bits per heavy atom. The van der Waals surface area contributed by atoms with Gasteiger partial charge in [0.25, 0.3) is 5.91 Å². The van der Waals surface area contributed by atoms with Crippen molar-refractivity contribution in [3.8, 4) is 0 Å². The van der Waals surface area contributed by atoms with Gasteiger partial charge in [-0.05, 0) is 30.9 Å². The van der Waals surface area contributed by atoms with E-state index < -0.39 is 12.0 Å². The normalized spacial score (nSPS) is 21.6. The Hall–Kier alpha value is -1.40. The average molecular weight is 295 g/mol. The van der Waals surface area contributed by atoms with E-state index in [9.17, 15) is 9.59 Å². The fraction of sp³-hybridized carbons (Fsp3) is 0.571. The number of hydrogen-bond donors (Lipinski definition) is 0. The highest BCUT2D eigenvalue weighted by Crippen LogP contribution is 2.31. The molecular weight excluding hydrogens is 278 g/mol. The van der Waals surface area contributed by atoms with Crippen molar-refractivity contribution in [2.24, 2.45) is 0 Å². The molecular formula is C14H17NO4S. The number of methoxy groups -OCH3 is 1. The minimum absolute atomic E-state index is 0.0805. The molecule has 1 aromatic heterocycles. The van der Waals surface area contributed by atoms with E-state index >= 15 is 0 Å². The van der Waals surface area contributed by atoms with Crippen molar-refractivity contribution >= 4 is 23.2 Å². The summed E-state index contributed by atoms with van der Waals surface area (Å²) >= 11 is 1.56. The molecule has 0 aromatic carbocycles. The van der Waals surface area contributed by atoms with Crippen LogP contribution in [0.4, 0.5) is 0 Å². The zero-order chi connectivity index (χ0) is 14.1. The van der Waals surface area contributed by atoms with Gasteiger partial charge >= 0.3 is 5.97 Å². The number of morpholine rings is 1. The zero-order valence-corrected chi connectivity index (χ0v) is 12.2. The summed E-state index contributed by atoms with van der Waals surface area (Å²) in [5.41, 5.74) is 1.29. The molecule has 0 bridgehead atoms. The summed E-state index contributed by atoms with van der Waals surface area (Å²) in [5, 5.41) is 0. The fourth-order valence-electron chi connectivity index (χ4n) is 2.75. The van der Waals surface area contributed by atoms with Crippen LogP contribution in [0, 0.1) is 0 Å². The topological polar surface area (TPSA) is 55.8 Å². The van der Waals surface area contributed by atoms with Gasteiger partial charge in [-0.1, -0.05) is 0 Å². The first-order valence-electron chi connectivity index (χ1n) is 6.79. The van der Waals surface area contributed by atoms with Gasteiger partial charge in [-0.15, -0.1) is 11.3 Å². The number of nitrogens with zero attached hydrogens (tertiary/aromatic N) is 1. The molecule has 0 spiro atoms. The molecule has 20 heavy (non-hydrogen) atoms. The summed E-state index contributed by atoms with van der Waals surface area (Å²) in [6.45, 7) is 1.11. The number of hydrogen-bond acceptors (Lipinski definition) is 5. The number of thiophene rings is 1. The van der Waals surface area contributed by atoms with Crippen molar-refractivity contribution in [1.82, 2.24) is 4.90 Å². The van der Waals surface area contributed by atoms with Crippen LogP contribution in [0.5, 0.6) is 0 Å². The molecule has 1 aliphatic heterocycles. The smallest absolute Gasteiger partial charge is 0.331 e. The van der Waals surface area contributed by atoms with Gasteiger partial charge in [0.1, 0.15) is 0 Å². The number of aryl methyl sites for hydroxylation is 2. The second-order valence-electron chi connectivity index (χ2n) is 5.03. The number of carbonyl (C=O) groups is 2. The zero-order valence-electron chi connectivity index (χ0n) is 11.4. The third-order valence-electron chi connectivity index (χ3n) is 3.82. The van der Waals surface area contributed by atoms with Crippen LogP contribution in [-0.2, 0) is 27.1 Å². The Morgan fingerprint density at radius 3 is 3.05 bits per heavy atom. The second kappa shape index (κ2) is 5.54. The second-order valence-corrected chi connectivity index (χ2v) is 6.16. The monoisotopic (exact) mass is 295 g/mol. The molecule has 1 fully saturated rings. The molecule has 5 nitrogen and oxygen atoms in total. The third-order valence-corrected chi connectivity index (χ3v) is 5.05. The van der Waals surface area contributed by atoms with E-state index in [0.717, 1.165) is 17.7 Å². The van der Waals surface area contributed by atoms with Crippen molar-refractivity contribution in [2.75, 3.05) is 26.9 Å². The number of rotatable bonds is 2. The molecule has 1 atom stereocenters. The lowest BCUT2D eigenvalue weighted by Gasteiger charge is -2.33. The maximum Gasteiger partial charge on any atom is 0.331 e. The Labute approximate surface area is 121 Å². The van der Waals surface area contributed by atoms with Crippen molar-refractivity contribution < 1.29 is 19.1 Å². The van der Waals surface area contributed by atoms with Crippen LogP contribution in [0.25, 0.3) is 0 Å². The molecule has 108 valence electrons. The van der Waals surface area contributed by atoms with Crippen LogP contribution in [0.2, 0.25) is 0 Å². The minimum atomic E-state index is -0.627. The maximum absolute atomic E-state index is 12.6. The van der Waals surface area contributed by atoms with Crippen LogP contribution in [0.1, 0.15) is 26.5 Å². The quantitative estimate of drug-likeness (QED) is 0.771. The Morgan fingerprint density at radius 2 is 2.30 bits per heavy atom. The summed E-state index contributed by atoms with van der Waals surface area (Å²) in [7, 11) is 1.33. The van der Waals surface area contributed by atoms with E-state index in [2.05, 4.69) is 0 Å². The number of fused-ring (bicyclic) bond motifs is 1. The van der Waals surface area contributed by atoms with E-state index in [0.29, 0.717) is 13.2 Å². The predicted octanol–water partition coefficient (Wildman–Crippen LogP) is 1.25. The summed E-state index contributed by atoms with van der Waals surface area (Å²) in [6.07, 6.45) is 3.30. The summed E-state index contributed by atoms with van der Waals surface area (Å²) in [4.78, 5) is 28.0. The van der Waals surface area contributed by atoms with Crippen LogP contribution in [0.3, 0.4) is 0 Å². The van der Waals surface area contributed by atoms with Crippen molar-refractivity contribution in [3.63, 3.8) is 0 Å². The minimum Gasteiger partial charge on any atom is -0.467 e.